The first-order valence-corrected chi connectivity index (χ1v) is 8.73. The number of aromatic nitrogens is 3. The lowest BCUT2D eigenvalue weighted by molar-refractivity contribution is 1.22. The second kappa shape index (κ2) is 18.8. The topological polar surface area (TPSA) is 38.7 Å². The SMILES string of the molecule is C.C.CC.CC.CC.c1ccc(-c2cccc(-c3ccccn3)n2)nc1. The molecule has 144 valence electrons. The minimum atomic E-state index is 0. The number of rotatable bonds is 2. The first-order chi connectivity index (χ1) is 11.9. The molecule has 3 nitrogen and oxygen atoms in total. The van der Waals surface area contributed by atoms with E-state index in [2.05, 4.69) is 15.0 Å². The summed E-state index contributed by atoms with van der Waals surface area (Å²) in [7, 11) is 0. The van der Waals surface area contributed by atoms with Crippen molar-refractivity contribution in [1.29, 1.82) is 0 Å². The maximum absolute atomic E-state index is 4.59. The van der Waals surface area contributed by atoms with E-state index in [0.29, 0.717) is 0 Å². The molecule has 0 atom stereocenters. The van der Waals surface area contributed by atoms with Crippen LogP contribution in [0.3, 0.4) is 0 Å². The van der Waals surface area contributed by atoms with Gasteiger partial charge >= 0.3 is 0 Å². The maximum atomic E-state index is 4.59. The van der Waals surface area contributed by atoms with Gasteiger partial charge in [-0.3, -0.25) is 9.97 Å². The fourth-order valence-electron chi connectivity index (χ4n) is 1.75. The van der Waals surface area contributed by atoms with Gasteiger partial charge in [0.05, 0.1) is 22.8 Å². The Balaban J connectivity index is -0.000000604. The van der Waals surface area contributed by atoms with Crippen LogP contribution in [-0.2, 0) is 0 Å². The highest BCUT2D eigenvalue weighted by Gasteiger charge is 2.03. The Kier molecular flexibility index (Phi) is 20.4. The Hall–Kier alpha value is -2.55. The molecule has 26 heavy (non-hydrogen) atoms. The molecule has 3 aromatic heterocycles. The number of hydrogen-bond donors (Lipinski definition) is 0. The summed E-state index contributed by atoms with van der Waals surface area (Å²) in [6, 6.07) is 17.5. The van der Waals surface area contributed by atoms with E-state index >= 15 is 0 Å². The molecule has 0 amide bonds. The molecule has 0 bridgehead atoms. The summed E-state index contributed by atoms with van der Waals surface area (Å²) >= 11 is 0. The molecule has 0 aromatic carbocycles. The van der Waals surface area contributed by atoms with Gasteiger partial charge < -0.3 is 0 Å². The van der Waals surface area contributed by atoms with Crippen molar-refractivity contribution in [3.8, 4) is 22.8 Å². The molecular weight excluding hydrogens is 318 g/mol. The Labute approximate surface area is 161 Å². The standard InChI is InChI=1S/C15H11N3.3C2H6.2CH4/c1-3-10-16-12(6-1)14-8-5-9-15(18-14)13-7-2-4-11-17-13;3*1-2;;/h1-11H;3*1-2H3;2*1H4. The van der Waals surface area contributed by atoms with E-state index in [0.717, 1.165) is 22.8 Å². The summed E-state index contributed by atoms with van der Waals surface area (Å²) < 4.78 is 0. The molecule has 3 heterocycles. The Morgan fingerprint density at radius 3 is 1.12 bits per heavy atom. The summed E-state index contributed by atoms with van der Waals surface area (Å²) in [6.07, 6.45) is 3.54. The predicted octanol–water partition coefficient (Wildman–Crippen LogP) is 7.56. The highest BCUT2D eigenvalue weighted by atomic mass is 14.8. The van der Waals surface area contributed by atoms with Crippen LogP contribution in [0.15, 0.2) is 67.0 Å². The molecule has 0 saturated heterocycles. The normalized spacial score (nSPS) is 7.77. The highest BCUT2D eigenvalue weighted by Crippen LogP contribution is 2.19. The lowest BCUT2D eigenvalue weighted by atomic mass is 10.2. The van der Waals surface area contributed by atoms with Gasteiger partial charge in [0, 0.05) is 12.4 Å². The quantitative estimate of drug-likeness (QED) is 0.476. The van der Waals surface area contributed by atoms with Crippen LogP contribution < -0.4 is 0 Å². The van der Waals surface area contributed by atoms with Crippen LogP contribution in [0.5, 0.6) is 0 Å². The Morgan fingerprint density at radius 2 is 0.808 bits per heavy atom. The zero-order valence-electron chi connectivity index (χ0n) is 15.7. The van der Waals surface area contributed by atoms with Gasteiger partial charge in [-0.05, 0) is 36.4 Å². The molecule has 3 rings (SSSR count). The molecule has 0 radical (unpaired) electrons. The zero-order chi connectivity index (χ0) is 18.2. The fraction of sp³-hybridized carbons (Fsp3) is 0.348. The molecule has 0 saturated carbocycles. The van der Waals surface area contributed by atoms with E-state index in [4.69, 9.17) is 0 Å². The van der Waals surface area contributed by atoms with Crippen molar-refractivity contribution in [2.45, 2.75) is 56.4 Å². The molecule has 0 spiro atoms. The summed E-state index contributed by atoms with van der Waals surface area (Å²) in [6.45, 7) is 12.0. The van der Waals surface area contributed by atoms with Crippen LogP contribution in [0.1, 0.15) is 56.4 Å². The van der Waals surface area contributed by atoms with Crippen LogP contribution in [-0.4, -0.2) is 15.0 Å². The van der Waals surface area contributed by atoms with Gasteiger partial charge in [-0.25, -0.2) is 4.98 Å². The highest BCUT2D eigenvalue weighted by molar-refractivity contribution is 5.61. The van der Waals surface area contributed by atoms with E-state index in [9.17, 15) is 0 Å². The minimum absolute atomic E-state index is 0. The molecular formula is C23H37N3. The zero-order valence-corrected chi connectivity index (χ0v) is 15.7. The minimum Gasteiger partial charge on any atom is -0.255 e. The van der Waals surface area contributed by atoms with Crippen molar-refractivity contribution in [2.75, 3.05) is 0 Å². The predicted molar refractivity (Wildman–Crippen MR) is 118 cm³/mol. The van der Waals surface area contributed by atoms with Crippen molar-refractivity contribution >= 4 is 0 Å². The van der Waals surface area contributed by atoms with Crippen molar-refractivity contribution in [3.63, 3.8) is 0 Å². The third-order valence-corrected chi connectivity index (χ3v) is 2.60. The lowest BCUT2D eigenvalue weighted by Gasteiger charge is -2.03. The number of nitrogens with zero attached hydrogens (tertiary/aromatic N) is 3. The summed E-state index contributed by atoms with van der Waals surface area (Å²) in [4.78, 5) is 13.2. The Morgan fingerprint density at radius 1 is 0.462 bits per heavy atom. The van der Waals surface area contributed by atoms with Gasteiger partial charge in [-0.15, -0.1) is 0 Å². The molecule has 0 aliphatic rings. The average molecular weight is 356 g/mol. The van der Waals surface area contributed by atoms with Crippen LogP contribution in [0.2, 0.25) is 0 Å². The Bertz CT molecular complexity index is 583. The number of pyridine rings is 3. The third-order valence-electron chi connectivity index (χ3n) is 2.60. The van der Waals surface area contributed by atoms with E-state index < -0.39 is 0 Å². The molecule has 3 aromatic rings. The lowest BCUT2D eigenvalue weighted by Crippen LogP contribution is -1.90. The fourth-order valence-corrected chi connectivity index (χ4v) is 1.75. The van der Waals surface area contributed by atoms with E-state index in [-0.39, 0.29) is 14.9 Å². The third kappa shape index (κ3) is 9.07. The van der Waals surface area contributed by atoms with Gasteiger partial charge in [0.25, 0.3) is 0 Å². The second-order valence-electron chi connectivity index (χ2n) is 3.84. The van der Waals surface area contributed by atoms with Gasteiger partial charge in [0.1, 0.15) is 0 Å². The molecule has 0 unspecified atom stereocenters. The van der Waals surface area contributed by atoms with E-state index in [1.165, 1.54) is 0 Å². The first-order valence-electron chi connectivity index (χ1n) is 8.73. The van der Waals surface area contributed by atoms with Gasteiger partial charge in [0.15, 0.2) is 0 Å². The van der Waals surface area contributed by atoms with Crippen LogP contribution >= 0.6 is 0 Å². The molecule has 0 N–H and O–H groups in total. The largest absolute Gasteiger partial charge is 0.255 e. The summed E-state index contributed by atoms with van der Waals surface area (Å²) in [5.74, 6) is 0. The molecule has 0 fully saturated rings. The summed E-state index contributed by atoms with van der Waals surface area (Å²) in [5.41, 5.74) is 3.46. The van der Waals surface area contributed by atoms with Crippen LogP contribution in [0.25, 0.3) is 22.8 Å². The van der Waals surface area contributed by atoms with E-state index in [1.54, 1.807) is 12.4 Å². The number of hydrogen-bond acceptors (Lipinski definition) is 3. The van der Waals surface area contributed by atoms with Crippen LogP contribution in [0.4, 0.5) is 0 Å². The van der Waals surface area contributed by atoms with Gasteiger partial charge in [-0.1, -0.05) is 74.6 Å². The first kappa shape index (κ1) is 28.3. The van der Waals surface area contributed by atoms with Gasteiger partial charge in [0.2, 0.25) is 0 Å². The second-order valence-corrected chi connectivity index (χ2v) is 3.84. The maximum Gasteiger partial charge on any atom is 0.0894 e. The molecule has 0 aliphatic heterocycles. The average Bonchev–Trinajstić information content (AvgIpc) is 2.74. The van der Waals surface area contributed by atoms with Crippen molar-refractivity contribution < 1.29 is 0 Å². The molecule has 0 aliphatic carbocycles. The van der Waals surface area contributed by atoms with E-state index in [1.807, 2.05) is 96.1 Å². The van der Waals surface area contributed by atoms with Gasteiger partial charge in [-0.2, -0.15) is 0 Å². The van der Waals surface area contributed by atoms with Crippen molar-refractivity contribution in [3.05, 3.63) is 67.0 Å². The smallest absolute Gasteiger partial charge is 0.0894 e. The van der Waals surface area contributed by atoms with Crippen molar-refractivity contribution in [2.24, 2.45) is 0 Å². The van der Waals surface area contributed by atoms with Crippen LogP contribution in [0, 0.1) is 0 Å². The van der Waals surface area contributed by atoms with Crippen molar-refractivity contribution in [1.82, 2.24) is 15.0 Å². The molecule has 3 heteroatoms. The monoisotopic (exact) mass is 355 g/mol. The summed E-state index contributed by atoms with van der Waals surface area (Å²) in [5, 5.41) is 0.